The molecule has 0 aliphatic heterocycles. The van der Waals surface area contributed by atoms with Crippen molar-refractivity contribution in [3.63, 3.8) is 0 Å². The summed E-state index contributed by atoms with van der Waals surface area (Å²) in [7, 11) is 0. The van der Waals surface area contributed by atoms with Gasteiger partial charge in [-0.15, -0.1) is 0 Å². The van der Waals surface area contributed by atoms with E-state index in [1.165, 1.54) is 25.7 Å². The molecule has 2 unspecified atom stereocenters. The van der Waals surface area contributed by atoms with Crippen LogP contribution >= 0.6 is 0 Å². The standard InChI is InChI=1S/C20H36O4/c1-3-5-7-8-9-10-15-24-20(22)18-13-11-12-17(16-18)19(21)23-14-6-4-2/h17-18H,3-16H2,1-2H3. The minimum absolute atomic E-state index is 0.116. The average molecular weight is 341 g/mol. The van der Waals surface area contributed by atoms with E-state index in [4.69, 9.17) is 9.47 Å². The molecule has 1 saturated carbocycles. The minimum atomic E-state index is -0.128. The predicted octanol–water partition coefficient (Wildman–Crippen LogP) is 5.04. The molecular weight excluding hydrogens is 304 g/mol. The van der Waals surface area contributed by atoms with Gasteiger partial charge in [-0.2, -0.15) is 0 Å². The molecule has 0 aromatic carbocycles. The summed E-state index contributed by atoms with van der Waals surface area (Å²) in [6.07, 6.45) is 12.2. The Morgan fingerprint density at radius 1 is 0.750 bits per heavy atom. The molecule has 1 aliphatic carbocycles. The first-order valence-electron chi connectivity index (χ1n) is 10.0. The first kappa shape index (κ1) is 21.0. The largest absolute Gasteiger partial charge is 0.465 e. The van der Waals surface area contributed by atoms with Crippen molar-refractivity contribution < 1.29 is 19.1 Å². The molecule has 1 rings (SSSR count). The van der Waals surface area contributed by atoms with Crippen molar-refractivity contribution in [3.8, 4) is 0 Å². The lowest BCUT2D eigenvalue weighted by atomic mass is 9.81. The number of hydrogen-bond acceptors (Lipinski definition) is 4. The number of unbranched alkanes of at least 4 members (excludes halogenated alkanes) is 6. The molecule has 0 bridgehead atoms. The van der Waals surface area contributed by atoms with Crippen LogP contribution in [0, 0.1) is 11.8 Å². The van der Waals surface area contributed by atoms with Gasteiger partial charge in [0.05, 0.1) is 25.0 Å². The maximum absolute atomic E-state index is 12.2. The van der Waals surface area contributed by atoms with Crippen LogP contribution in [0.25, 0.3) is 0 Å². The van der Waals surface area contributed by atoms with Gasteiger partial charge in [0.2, 0.25) is 0 Å². The van der Waals surface area contributed by atoms with Gasteiger partial charge in [-0.05, 0) is 32.1 Å². The van der Waals surface area contributed by atoms with E-state index in [0.717, 1.165) is 44.9 Å². The van der Waals surface area contributed by atoms with Gasteiger partial charge in [0.15, 0.2) is 0 Å². The van der Waals surface area contributed by atoms with Crippen LogP contribution in [0.5, 0.6) is 0 Å². The van der Waals surface area contributed by atoms with Crippen LogP contribution in [-0.4, -0.2) is 25.2 Å². The Labute approximate surface area is 147 Å². The molecule has 0 aromatic heterocycles. The first-order chi connectivity index (χ1) is 11.7. The molecule has 2 atom stereocenters. The summed E-state index contributed by atoms with van der Waals surface area (Å²) in [5, 5.41) is 0. The molecule has 4 heteroatoms. The summed E-state index contributed by atoms with van der Waals surface area (Å²) in [5.74, 6) is -0.490. The fourth-order valence-corrected chi connectivity index (χ4v) is 3.23. The molecule has 4 nitrogen and oxygen atoms in total. The van der Waals surface area contributed by atoms with Crippen LogP contribution in [0.4, 0.5) is 0 Å². The van der Waals surface area contributed by atoms with Gasteiger partial charge < -0.3 is 9.47 Å². The minimum Gasteiger partial charge on any atom is -0.465 e. The topological polar surface area (TPSA) is 52.6 Å². The Balaban J connectivity index is 2.18. The maximum atomic E-state index is 12.2. The number of ether oxygens (including phenoxy) is 2. The van der Waals surface area contributed by atoms with Gasteiger partial charge in [0.1, 0.15) is 0 Å². The highest BCUT2D eigenvalue weighted by Gasteiger charge is 2.32. The molecule has 0 saturated heterocycles. The van der Waals surface area contributed by atoms with Crippen molar-refractivity contribution in [3.05, 3.63) is 0 Å². The fraction of sp³-hybridized carbons (Fsp3) is 0.900. The molecule has 140 valence electrons. The number of esters is 2. The van der Waals surface area contributed by atoms with E-state index in [1.54, 1.807) is 0 Å². The molecule has 0 aromatic rings. The van der Waals surface area contributed by atoms with E-state index in [1.807, 2.05) is 0 Å². The molecule has 0 radical (unpaired) electrons. The lowest BCUT2D eigenvalue weighted by Crippen LogP contribution is -2.30. The number of carbonyl (C=O) groups is 2. The third kappa shape index (κ3) is 8.70. The van der Waals surface area contributed by atoms with Crippen LogP contribution in [-0.2, 0) is 19.1 Å². The van der Waals surface area contributed by atoms with E-state index in [0.29, 0.717) is 19.6 Å². The molecule has 0 amide bonds. The summed E-state index contributed by atoms with van der Waals surface area (Å²) in [6.45, 7) is 5.30. The van der Waals surface area contributed by atoms with Crippen molar-refractivity contribution in [1.29, 1.82) is 0 Å². The highest BCUT2D eigenvalue weighted by Crippen LogP contribution is 2.31. The quantitative estimate of drug-likeness (QED) is 0.369. The maximum Gasteiger partial charge on any atom is 0.308 e. The number of rotatable bonds is 12. The van der Waals surface area contributed by atoms with Crippen molar-refractivity contribution in [2.75, 3.05) is 13.2 Å². The predicted molar refractivity (Wildman–Crippen MR) is 95.7 cm³/mol. The molecule has 1 fully saturated rings. The Hall–Kier alpha value is -1.06. The van der Waals surface area contributed by atoms with E-state index in [-0.39, 0.29) is 23.8 Å². The SMILES string of the molecule is CCCCCCCCOC(=O)C1CCCC(C(=O)OCCCC)C1. The third-order valence-corrected chi connectivity index (χ3v) is 4.83. The second-order valence-electron chi connectivity index (χ2n) is 7.02. The van der Waals surface area contributed by atoms with Crippen LogP contribution in [0.2, 0.25) is 0 Å². The molecule has 0 spiro atoms. The molecular formula is C20H36O4. The summed E-state index contributed by atoms with van der Waals surface area (Å²) >= 11 is 0. The van der Waals surface area contributed by atoms with E-state index >= 15 is 0 Å². The number of hydrogen-bond donors (Lipinski definition) is 0. The van der Waals surface area contributed by atoms with Crippen LogP contribution in [0.3, 0.4) is 0 Å². The zero-order valence-corrected chi connectivity index (χ0v) is 15.7. The molecule has 1 aliphatic rings. The van der Waals surface area contributed by atoms with Gasteiger partial charge in [-0.25, -0.2) is 0 Å². The Bertz CT molecular complexity index is 354. The zero-order valence-electron chi connectivity index (χ0n) is 15.7. The monoisotopic (exact) mass is 340 g/mol. The lowest BCUT2D eigenvalue weighted by molar-refractivity contribution is -0.155. The smallest absolute Gasteiger partial charge is 0.308 e. The van der Waals surface area contributed by atoms with Crippen LogP contribution in [0.15, 0.2) is 0 Å². The van der Waals surface area contributed by atoms with Crippen LogP contribution < -0.4 is 0 Å². The Kier molecular flexibility index (Phi) is 11.6. The molecule has 0 heterocycles. The van der Waals surface area contributed by atoms with Crippen molar-refractivity contribution in [2.24, 2.45) is 11.8 Å². The number of carbonyl (C=O) groups excluding carboxylic acids is 2. The normalized spacial score (nSPS) is 20.6. The lowest BCUT2D eigenvalue weighted by Gasteiger charge is -2.26. The summed E-state index contributed by atoms with van der Waals surface area (Å²) in [6, 6.07) is 0. The zero-order chi connectivity index (χ0) is 17.6. The van der Waals surface area contributed by atoms with Gasteiger partial charge in [0.25, 0.3) is 0 Å². The summed E-state index contributed by atoms with van der Waals surface area (Å²) < 4.78 is 10.7. The molecule has 24 heavy (non-hydrogen) atoms. The molecule has 0 N–H and O–H groups in total. The highest BCUT2D eigenvalue weighted by molar-refractivity contribution is 5.76. The van der Waals surface area contributed by atoms with Crippen molar-refractivity contribution >= 4 is 11.9 Å². The fourth-order valence-electron chi connectivity index (χ4n) is 3.23. The average Bonchev–Trinajstić information content (AvgIpc) is 2.61. The van der Waals surface area contributed by atoms with Crippen molar-refractivity contribution in [1.82, 2.24) is 0 Å². The van der Waals surface area contributed by atoms with Gasteiger partial charge >= 0.3 is 11.9 Å². The van der Waals surface area contributed by atoms with E-state index < -0.39 is 0 Å². The second-order valence-corrected chi connectivity index (χ2v) is 7.02. The van der Waals surface area contributed by atoms with Crippen molar-refractivity contribution in [2.45, 2.75) is 90.9 Å². The third-order valence-electron chi connectivity index (χ3n) is 4.83. The summed E-state index contributed by atoms with van der Waals surface area (Å²) in [5.41, 5.74) is 0. The van der Waals surface area contributed by atoms with Gasteiger partial charge in [0, 0.05) is 0 Å². The van der Waals surface area contributed by atoms with Crippen LogP contribution in [0.1, 0.15) is 90.9 Å². The van der Waals surface area contributed by atoms with E-state index in [9.17, 15) is 9.59 Å². The highest BCUT2D eigenvalue weighted by atomic mass is 16.5. The summed E-state index contributed by atoms with van der Waals surface area (Å²) in [4.78, 5) is 24.2. The second kappa shape index (κ2) is 13.3. The van der Waals surface area contributed by atoms with Gasteiger partial charge in [-0.3, -0.25) is 9.59 Å². The van der Waals surface area contributed by atoms with Gasteiger partial charge in [-0.1, -0.05) is 58.8 Å². The Morgan fingerprint density at radius 3 is 1.83 bits per heavy atom. The van der Waals surface area contributed by atoms with E-state index in [2.05, 4.69) is 13.8 Å². The Morgan fingerprint density at radius 2 is 1.25 bits per heavy atom. The first-order valence-corrected chi connectivity index (χ1v) is 10.0.